The van der Waals surface area contributed by atoms with E-state index in [4.69, 9.17) is 39.1 Å². The van der Waals surface area contributed by atoms with Crippen LogP contribution in [0.15, 0.2) is 60.7 Å². The van der Waals surface area contributed by atoms with Gasteiger partial charge in [0.05, 0.1) is 21.0 Å². The highest BCUT2D eigenvalue weighted by atomic mass is 35.7. The zero-order valence-corrected chi connectivity index (χ0v) is 69.8. The van der Waals surface area contributed by atoms with Crippen molar-refractivity contribution >= 4 is 86.4 Å². The normalized spacial score (nSPS) is 20.0. The van der Waals surface area contributed by atoms with Gasteiger partial charge in [-0.2, -0.15) is 12.9 Å². The Labute approximate surface area is 651 Å². The van der Waals surface area contributed by atoms with Crippen LogP contribution in [0, 0.1) is 0 Å². The molecule has 0 aliphatic carbocycles. The number of rotatable bonds is 11. The van der Waals surface area contributed by atoms with Crippen LogP contribution in [-0.2, 0) is 80.8 Å². The first kappa shape index (κ1) is 91.8. The van der Waals surface area contributed by atoms with Crippen molar-refractivity contribution in [1.29, 1.82) is 0 Å². The number of piperidine rings is 4. The van der Waals surface area contributed by atoms with E-state index in [1.54, 1.807) is 45.3 Å². The van der Waals surface area contributed by atoms with Crippen LogP contribution >= 0.6 is 10.7 Å². The molecule has 2 aromatic carbocycles. The predicted molar refractivity (Wildman–Crippen MR) is 415 cm³/mol. The molecule has 32 nitrogen and oxygen atoms in total. The first-order valence-electron chi connectivity index (χ1n) is 37.8. The molecule has 8 aliphatic heterocycles. The highest BCUT2D eigenvalue weighted by molar-refractivity contribution is 8.14. The Morgan fingerprint density at radius 2 is 0.550 bits per heavy atom. The molecule has 0 unspecified atom stereocenters. The number of sulfonamides is 3. The Morgan fingerprint density at radius 1 is 0.321 bits per heavy atom. The molecule has 0 aromatic heterocycles. The molecule has 0 bridgehead atoms. The number of nitrogens with zero attached hydrogens (tertiary/aromatic N) is 9. The summed E-state index contributed by atoms with van der Waals surface area (Å²) in [5.74, 6) is 0. The summed E-state index contributed by atoms with van der Waals surface area (Å²) in [5, 5.41) is 7.86. The number of nitrogens with one attached hydrogen (secondary N) is 3. The first-order valence-corrected chi connectivity index (χ1v) is 44.7. The zero-order chi connectivity index (χ0) is 80.6. The molecular weight excluding hydrogens is 1520 g/mol. The van der Waals surface area contributed by atoms with Crippen LogP contribution in [-0.4, -0.2) is 313 Å². The van der Waals surface area contributed by atoms with Gasteiger partial charge in [0.15, 0.2) is 0 Å². The average molecular weight is 1640 g/mol. The molecule has 0 atom stereocenters. The Kier molecular flexibility index (Phi) is 35.0. The summed E-state index contributed by atoms with van der Waals surface area (Å²) in [6, 6.07) is 18.8. The van der Waals surface area contributed by atoms with Crippen molar-refractivity contribution in [2.24, 2.45) is 0 Å². The van der Waals surface area contributed by atoms with E-state index in [9.17, 15) is 62.4 Å². The van der Waals surface area contributed by atoms with Crippen molar-refractivity contribution in [3.8, 4) is 0 Å². The minimum atomic E-state index is -3.54. The SMILES string of the molecule is CC(C)(C)OC(=O)N1CCN(S(=O)(=O)C2CCN(C(=O)OCc3ccccc3)CC2)CC1.CC(C)(C)OC(=O)N1CCN(S(=O)(=O)C2CCNCC2)CC1.CC(C)(C)OC(=O)N1CCN(S(=O)(=O)C2CCNCC2)CC1.CC(C)(C)OC(=O)N1CCNCC1.O=C(OCc1ccccc1)N1CCC(S(=O)(=O)Cl)CC1. The Balaban J connectivity index is 0.000000218. The van der Waals surface area contributed by atoms with Crippen molar-refractivity contribution in [1.82, 2.24) is 58.3 Å². The van der Waals surface area contributed by atoms with E-state index in [0.717, 1.165) is 63.5 Å². The predicted octanol–water partition coefficient (Wildman–Crippen LogP) is 7.09. The van der Waals surface area contributed by atoms with E-state index in [-0.39, 0.29) is 60.7 Å². The van der Waals surface area contributed by atoms with Crippen LogP contribution in [0.3, 0.4) is 0 Å². The monoisotopic (exact) mass is 1640 g/mol. The number of amides is 6. The average Bonchev–Trinajstić information content (AvgIpc) is 0.809. The standard InChI is InChI=1S/C22H33N3O6S.2C14H27N3O4S.C13H16ClNO4S.C9H18N2O2/c1-22(2,3)31-21(27)24-13-15-25(16-14-24)32(28,29)19-9-11-23(12-10-19)20(26)30-17-18-7-5-4-6-8-18;2*1-14(2,3)21-13(18)16-8-10-17(11-9-16)22(19,20)12-4-6-15-7-5-12;14-20(17,18)12-6-8-15(9-7-12)13(16)19-10-11-4-2-1-3-5-11;1-9(2,3)13-8(12)11-6-4-10-5-7-11/h4-8,19H,9-17H2,1-3H3;2*12,15H,4-11H2,1-3H3;1-5,12H,6-10H2;10H,4-7H2,1-3H3. The number of carbonyl (C=O) groups excluding carboxylic acids is 6. The second-order valence-electron chi connectivity index (χ2n) is 31.8. The molecule has 37 heteroatoms. The van der Waals surface area contributed by atoms with Gasteiger partial charge in [0.2, 0.25) is 39.1 Å². The minimum Gasteiger partial charge on any atom is -0.445 e. The number of hydrogen-bond donors (Lipinski definition) is 3. The van der Waals surface area contributed by atoms with Gasteiger partial charge in [-0.25, -0.2) is 62.4 Å². The fourth-order valence-electron chi connectivity index (χ4n) is 12.6. The van der Waals surface area contributed by atoms with E-state index in [1.165, 1.54) is 17.8 Å². The second-order valence-corrected chi connectivity index (χ2v) is 41.3. The second kappa shape index (κ2) is 41.6. The van der Waals surface area contributed by atoms with Gasteiger partial charge >= 0.3 is 36.6 Å². The van der Waals surface area contributed by atoms with Gasteiger partial charge in [-0.3, -0.25) is 0 Å². The summed E-state index contributed by atoms with van der Waals surface area (Å²) in [4.78, 5) is 81.4. The summed E-state index contributed by atoms with van der Waals surface area (Å²) in [6.45, 7) is 34.1. The number of benzene rings is 2. The van der Waals surface area contributed by atoms with Gasteiger partial charge in [-0.1, -0.05) is 60.7 Å². The van der Waals surface area contributed by atoms with Gasteiger partial charge in [-0.15, -0.1) is 0 Å². The van der Waals surface area contributed by atoms with Crippen LogP contribution in [0.4, 0.5) is 28.8 Å². The maximum atomic E-state index is 13.1. The molecule has 109 heavy (non-hydrogen) atoms. The number of piperazine rings is 4. The molecule has 0 spiro atoms. The smallest absolute Gasteiger partial charge is 0.410 e. The van der Waals surface area contributed by atoms with Crippen molar-refractivity contribution in [3.63, 3.8) is 0 Å². The molecule has 6 amide bonds. The van der Waals surface area contributed by atoms with E-state index in [2.05, 4.69) is 16.0 Å². The Hall–Kier alpha value is -6.09. The van der Waals surface area contributed by atoms with Crippen LogP contribution < -0.4 is 16.0 Å². The van der Waals surface area contributed by atoms with Crippen molar-refractivity contribution in [2.45, 2.75) is 191 Å². The van der Waals surface area contributed by atoms with E-state index >= 15 is 0 Å². The molecule has 8 aliphatic rings. The van der Waals surface area contributed by atoms with Crippen molar-refractivity contribution < 1.29 is 90.9 Å². The first-order chi connectivity index (χ1) is 50.9. The number of halogens is 1. The Morgan fingerprint density at radius 3 is 0.807 bits per heavy atom. The third-order valence-corrected chi connectivity index (χ3v) is 27.8. The third-order valence-electron chi connectivity index (χ3n) is 18.6. The lowest BCUT2D eigenvalue weighted by atomic mass is 10.1. The molecule has 8 fully saturated rings. The molecule has 8 heterocycles. The molecular formula is C72H121ClN12O20S4. The fraction of sp³-hybridized carbons (Fsp3) is 0.750. The van der Waals surface area contributed by atoms with Crippen LogP contribution in [0.1, 0.15) is 146 Å². The van der Waals surface area contributed by atoms with Gasteiger partial charge in [0.25, 0.3) is 0 Å². The minimum absolute atomic E-state index is 0.194. The number of ether oxygens (including phenoxy) is 6. The van der Waals surface area contributed by atoms with Crippen LogP contribution in [0.25, 0.3) is 0 Å². The van der Waals surface area contributed by atoms with Gasteiger partial charge in [0.1, 0.15) is 35.6 Å². The molecule has 620 valence electrons. The maximum absolute atomic E-state index is 13.1. The molecule has 2 aromatic rings. The van der Waals surface area contributed by atoms with Crippen LogP contribution in [0.2, 0.25) is 0 Å². The fourth-order valence-corrected chi connectivity index (χ4v) is 19.7. The third kappa shape index (κ3) is 31.4. The lowest BCUT2D eigenvalue weighted by Crippen LogP contribution is -2.54. The highest BCUT2D eigenvalue weighted by Crippen LogP contribution is 2.27. The summed E-state index contributed by atoms with van der Waals surface area (Å²) in [5.41, 5.74) is -0.216. The largest absolute Gasteiger partial charge is 0.445 e. The summed E-state index contributed by atoms with van der Waals surface area (Å²) in [6.07, 6.45) is 1.90. The summed E-state index contributed by atoms with van der Waals surface area (Å²) >= 11 is 0. The van der Waals surface area contributed by atoms with Crippen molar-refractivity contribution in [3.05, 3.63) is 71.8 Å². The van der Waals surface area contributed by atoms with Gasteiger partial charge in [0, 0.05) is 142 Å². The lowest BCUT2D eigenvalue weighted by Gasteiger charge is -2.38. The van der Waals surface area contributed by atoms with Gasteiger partial charge in [-0.05, 0) is 172 Å². The number of carbonyl (C=O) groups is 6. The van der Waals surface area contributed by atoms with E-state index < -0.39 is 84.7 Å². The van der Waals surface area contributed by atoms with Crippen LogP contribution in [0.5, 0.6) is 0 Å². The zero-order valence-electron chi connectivity index (χ0n) is 65.8. The summed E-state index contributed by atoms with van der Waals surface area (Å²) < 4.78 is 135. The lowest BCUT2D eigenvalue weighted by molar-refractivity contribution is 0.0183. The van der Waals surface area contributed by atoms with Crippen molar-refractivity contribution in [2.75, 3.05) is 157 Å². The van der Waals surface area contributed by atoms with E-state index in [0.29, 0.717) is 143 Å². The molecule has 10 rings (SSSR count). The van der Waals surface area contributed by atoms with Gasteiger partial charge < -0.3 is 73.8 Å². The number of likely N-dealkylation sites (tertiary alicyclic amines) is 2. The number of hydrogen-bond acceptors (Lipinski definition) is 23. The molecule has 0 radical (unpaired) electrons. The summed E-state index contributed by atoms with van der Waals surface area (Å²) in [7, 11) is -8.23. The quantitative estimate of drug-likeness (QED) is 0.149. The molecule has 0 saturated carbocycles. The van der Waals surface area contributed by atoms with E-state index in [1.807, 2.05) is 123 Å². The molecule has 3 N–H and O–H groups in total. The highest BCUT2D eigenvalue weighted by Gasteiger charge is 2.41. The topological polar surface area (TPSA) is 360 Å². The molecule has 8 saturated heterocycles. The maximum Gasteiger partial charge on any atom is 0.410 e. The Bertz CT molecular complexity index is 3570.